The summed E-state index contributed by atoms with van der Waals surface area (Å²) < 4.78 is 2.84. The molecule has 0 atom stereocenters. The number of thiophene rings is 1. The Morgan fingerprint density at radius 1 is 1.10 bits per heavy atom. The van der Waals surface area contributed by atoms with E-state index >= 15 is 0 Å². The molecule has 0 spiro atoms. The van der Waals surface area contributed by atoms with Crippen molar-refractivity contribution in [3.63, 3.8) is 0 Å². The van der Waals surface area contributed by atoms with Gasteiger partial charge in [0.1, 0.15) is 6.33 Å². The average molecular weight is 294 g/mol. The molecule has 0 fully saturated rings. The number of hydrogen-bond acceptors (Lipinski definition) is 6. The van der Waals surface area contributed by atoms with Crippen LogP contribution in [-0.4, -0.2) is 24.5 Å². The number of aromatic nitrogens is 5. The van der Waals surface area contributed by atoms with E-state index in [2.05, 4.69) is 37.4 Å². The minimum atomic E-state index is 0.192. The van der Waals surface area contributed by atoms with Gasteiger partial charge in [-0.15, -0.1) is 11.3 Å². The zero-order valence-corrected chi connectivity index (χ0v) is 11.7. The topological polar surface area (TPSA) is 82.5 Å². The Hall–Kier alpha value is -2.80. The van der Waals surface area contributed by atoms with Crippen LogP contribution >= 0.6 is 11.3 Å². The predicted octanol–water partition coefficient (Wildman–Crippen LogP) is 2.52. The van der Waals surface area contributed by atoms with Gasteiger partial charge < -0.3 is 5.73 Å². The molecule has 0 amide bonds. The van der Waals surface area contributed by atoms with Crippen molar-refractivity contribution in [3.8, 4) is 17.3 Å². The van der Waals surface area contributed by atoms with E-state index in [4.69, 9.17) is 5.73 Å². The second kappa shape index (κ2) is 4.64. The van der Waals surface area contributed by atoms with Crippen LogP contribution in [0.25, 0.3) is 27.4 Å². The summed E-state index contributed by atoms with van der Waals surface area (Å²) in [4.78, 5) is 16.9. The van der Waals surface area contributed by atoms with Crippen molar-refractivity contribution in [2.24, 2.45) is 0 Å². The van der Waals surface area contributed by atoms with Gasteiger partial charge in [0.05, 0.1) is 0 Å². The maximum atomic E-state index is 5.83. The minimum Gasteiger partial charge on any atom is -0.368 e. The van der Waals surface area contributed by atoms with Crippen LogP contribution in [0.3, 0.4) is 0 Å². The number of anilines is 1. The molecule has 1 aromatic carbocycles. The normalized spacial score (nSPS) is 11.0. The lowest BCUT2D eigenvalue weighted by Gasteiger charge is -2.06. The van der Waals surface area contributed by atoms with Crippen LogP contribution < -0.4 is 5.73 Å². The zero-order chi connectivity index (χ0) is 14.2. The number of nitrogens with two attached hydrogens (primary N) is 1. The van der Waals surface area contributed by atoms with E-state index < -0.39 is 0 Å². The molecule has 4 aromatic rings. The molecule has 0 saturated heterocycles. The highest BCUT2D eigenvalue weighted by atomic mass is 32.1. The molecule has 0 aliphatic carbocycles. The van der Waals surface area contributed by atoms with Gasteiger partial charge in [0.2, 0.25) is 11.9 Å². The fourth-order valence-electron chi connectivity index (χ4n) is 2.16. The second-order valence-corrected chi connectivity index (χ2v) is 5.35. The average Bonchev–Trinajstić information content (AvgIpc) is 3.17. The second-order valence-electron chi connectivity index (χ2n) is 4.43. The van der Waals surface area contributed by atoms with Crippen LogP contribution in [0.1, 0.15) is 0 Å². The Morgan fingerprint density at radius 3 is 2.90 bits per heavy atom. The van der Waals surface area contributed by atoms with Crippen molar-refractivity contribution in [2.45, 2.75) is 0 Å². The monoisotopic (exact) mass is 294 g/mol. The van der Waals surface area contributed by atoms with Gasteiger partial charge in [-0.05, 0) is 22.9 Å². The molecular formula is C14H10N6S. The van der Waals surface area contributed by atoms with Crippen molar-refractivity contribution in [1.29, 1.82) is 0 Å². The third-order valence-corrected chi connectivity index (χ3v) is 4.06. The number of fused-ring (bicyclic) bond motifs is 1. The summed E-state index contributed by atoms with van der Waals surface area (Å²) in [5.74, 6) is 1.22. The Kier molecular flexibility index (Phi) is 2.65. The number of benzene rings is 1. The number of nitrogen functional groups attached to an aromatic ring is 1. The van der Waals surface area contributed by atoms with E-state index in [0.29, 0.717) is 11.8 Å². The summed E-state index contributed by atoms with van der Waals surface area (Å²) in [6.07, 6.45) is 5.06. The van der Waals surface area contributed by atoms with Gasteiger partial charge in [-0.2, -0.15) is 15.0 Å². The van der Waals surface area contributed by atoms with Gasteiger partial charge in [-0.1, -0.05) is 12.1 Å². The largest absolute Gasteiger partial charge is 0.368 e. The molecule has 7 heteroatoms. The van der Waals surface area contributed by atoms with Gasteiger partial charge in [0.25, 0.3) is 0 Å². The van der Waals surface area contributed by atoms with Gasteiger partial charge in [-0.3, -0.25) is 4.57 Å². The van der Waals surface area contributed by atoms with Gasteiger partial charge in [0, 0.05) is 22.7 Å². The fraction of sp³-hybridized carbons (Fsp3) is 0. The maximum Gasteiger partial charge on any atom is 0.240 e. The van der Waals surface area contributed by atoms with Crippen LogP contribution in [0.5, 0.6) is 0 Å². The summed E-state index contributed by atoms with van der Waals surface area (Å²) in [5, 5.41) is 3.22. The quantitative estimate of drug-likeness (QED) is 0.614. The van der Waals surface area contributed by atoms with E-state index in [-0.39, 0.29) is 5.95 Å². The molecule has 0 aliphatic heterocycles. The lowest BCUT2D eigenvalue weighted by atomic mass is 10.1. The molecule has 21 heavy (non-hydrogen) atoms. The number of hydrogen-bond donors (Lipinski definition) is 1. The highest BCUT2D eigenvalue weighted by Crippen LogP contribution is 2.30. The Bertz CT molecular complexity index is 912. The molecule has 0 bridgehead atoms. The third-order valence-electron chi connectivity index (χ3n) is 3.10. The third kappa shape index (κ3) is 2.03. The van der Waals surface area contributed by atoms with Crippen molar-refractivity contribution in [1.82, 2.24) is 24.5 Å². The Morgan fingerprint density at radius 2 is 2.05 bits per heavy atom. The lowest BCUT2D eigenvalue weighted by molar-refractivity contribution is 0.907. The van der Waals surface area contributed by atoms with Crippen molar-refractivity contribution < 1.29 is 0 Å². The molecule has 0 radical (unpaired) electrons. The highest BCUT2D eigenvalue weighted by molar-refractivity contribution is 7.17. The molecule has 3 aromatic heterocycles. The number of rotatable bonds is 2. The molecule has 3 heterocycles. The molecule has 0 aliphatic rings. The minimum absolute atomic E-state index is 0.192. The molecule has 4 rings (SSSR count). The summed E-state index contributed by atoms with van der Waals surface area (Å²) in [5.41, 5.74) is 6.79. The molecular weight excluding hydrogens is 284 g/mol. The van der Waals surface area contributed by atoms with Crippen molar-refractivity contribution in [2.75, 3.05) is 5.73 Å². The Labute approximate surface area is 124 Å². The van der Waals surface area contributed by atoms with E-state index in [1.807, 2.05) is 12.1 Å². The summed E-state index contributed by atoms with van der Waals surface area (Å²) in [6, 6.07) is 8.12. The first-order valence-corrected chi connectivity index (χ1v) is 7.16. The van der Waals surface area contributed by atoms with E-state index in [1.54, 1.807) is 34.6 Å². The summed E-state index contributed by atoms with van der Waals surface area (Å²) in [6.45, 7) is 0. The lowest BCUT2D eigenvalue weighted by Crippen LogP contribution is -2.06. The standard InChI is InChI=1S/C14H10N6S/c15-13-17-12(18-14(19-13)20-6-5-16-8-20)10-3-1-2-9-4-7-21-11(9)10/h1-8H,(H2,15,17,18,19). The highest BCUT2D eigenvalue weighted by Gasteiger charge is 2.11. The smallest absolute Gasteiger partial charge is 0.240 e. The van der Waals surface area contributed by atoms with E-state index in [9.17, 15) is 0 Å². The SMILES string of the molecule is Nc1nc(-c2cccc3ccsc23)nc(-n2ccnc2)n1. The van der Waals surface area contributed by atoms with Gasteiger partial charge in [-0.25, -0.2) is 4.98 Å². The van der Waals surface area contributed by atoms with Crippen LogP contribution in [0.15, 0.2) is 48.4 Å². The van der Waals surface area contributed by atoms with Crippen LogP contribution in [0.4, 0.5) is 5.95 Å². The van der Waals surface area contributed by atoms with Crippen LogP contribution in [0, 0.1) is 0 Å². The van der Waals surface area contributed by atoms with E-state index in [0.717, 1.165) is 10.3 Å². The Balaban J connectivity index is 1.95. The molecule has 6 nitrogen and oxygen atoms in total. The first-order valence-electron chi connectivity index (χ1n) is 6.28. The van der Waals surface area contributed by atoms with Gasteiger partial charge in [0.15, 0.2) is 5.82 Å². The van der Waals surface area contributed by atoms with E-state index in [1.165, 1.54) is 5.39 Å². The van der Waals surface area contributed by atoms with Gasteiger partial charge >= 0.3 is 0 Å². The molecule has 0 saturated carbocycles. The zero-order valence-electron chi connectivity index (χ0n) is 10.8. The number of imidazole rings is 1. The molecule has 2 N–H and O–H groups in total. The summed E-state index contributed by atoms with van der Waals surface area (Å²) in [7, 11) is 0. The summed E-state index contributed by atoms with van der Waals surface area (Å²) >= 11 is 1.66. The maximum absolute atomic E-state index is 5.83. The molecule has 102 valence electrons. The predicted molar refractivity (Wildman–Crippen MR) is 82.2 cm³/mol. The first-order chi connectivity index (χ1) is 10.3. The number of nitrogens with zero attached hydrogens (tertiary/aromatic N) is 5. The molecule has 0 unspecified atom stereocenters. The first kappa shape index (κ1) is 12.0. The van der Waals surface area contributed by atoms with Crippen molar-refractivity contribution >= 4 is 27.4 Å². The van der Waals surface area contributed by atoms with Crippen molar-refractivity contribution in [3.05, 3.63) is 48.4 Å². The fourth-order valence-corrected chi connectivity index (χ4v) is 3.07. The van der Waals surface area contributed by atoms with Crippen LogP contribution in [0.2, 0.25) is 0 Å². The van der Waals surface area contributed by atoms with Crippen LogP contribution in [-0.2, 0) is 0 Å².